The molecule has 2 heterocycles. The number of hydrogen-bond acceptors (Lipinski definition) is 5. The van der Waals surface area contributed by atoms with Gasteiger partial charge < -0.3 is 9.80 Å². The Morgan fingerprint density at radius 1 is 1.39 bits per heavy atom. The van der Waals surface area contributed by atoms with Gasteiger partial charge in [-0.25, -0.2) is 9.97 Å². The van der Waals surface area contributed by atoms with Crippen molar-refractivity contribution in [2.24, 2.45) is 11.8 Å². The molecule has 2 aliphatic rings. The highest BCUT2D eigenvalue weighted by atomic mass is 79.9. The topological polar surface area (TPSA) is 49.3 Å². The molecule has 1 amide bonds. The molecule has 0 atom stereocenters. The number of piperidine rings is 1. The van der Waals surface area contributed by atoms with Crippen LogP contribution >= 0.6 is 27.7 Å². The minimum atomic E-state index is 0.321. The molecule has 1 aliphatic carbocycles. The molecular weight excluding hydrogens is 376 g/mol. The summed E-state index contributed by atoms with van der Waals surface area (Å²) in [6.07, 6.45) is 8.21. The van der Waals surface area contributed by atoms with Crippen LogP contribution in [0, 0.1) is 11.8 Å². The molecule has 1 aliphatic heterocycles. The Hall–Kier alpha value is -0.820. The van der Waals surface area contributed by atoms with Gasteiger partial charge in [-0.3, -0.25) is 4.79 Å². The molecule has 7 heteroatoms. The second-order valence-corrected chi connectivity index (χ2v) is 8.08. The lowest BCUT2D eigenvalue weighted by atomic mass is 9.96. The third-order valence-electron chi connectivity index (χ3n) is 4.64. The molecule has 1 aromatic heterocycles. The molecule has 3 rings (SSSR count). The van der Waals surface area contributed by atoms with Crippen LogP contribution in [0.25, 0.3) is 0 Å². The van der Waals surface area contributed by atoms with Crippen molar-refractivity contribution < 1.29 is 4.79 Å². The molecule has 0 spiro atoms. The Kier molecular flexibility index (Phi) is 5.46. The number of thioether (sulfide) groups is 1. The van der Waals surface area contributed by atoms with Crippen molar-refractivity contribution >= 4 is 39.4 Å². The Morgan fingerprint density at radius 3 is 2.70 bits per heavy atom. The van der Waals surface area contributed by atoms with Gasteiger partial charge in [0.15, 0.2) is 5.16 Å². The van der Waals surface area contributed by atoms with E-state index >= 15 is 0 Å². The first-order valence-electron chi connectivity index (χ1n) is 8.15. The second-order valence-electron chi connectivity index (χ2n) is 6.45. The molecular formula is C16H23BrN4OS. The minimum absolute atomic E-state index is 0.321. The molecule has 1 saturated carbocycles. The number of amides is 1. The van der Waals surface area contributed by atoms with Gasteiger partial charge in [-0.15, -0.1) is 0 Å². The maximum Gasteiger partial charge on any atom is 0.225 e. The van der Waals surface area contributed by atoms with Crippen LogP contribution < -0.4 is 4.90 Å². The van der Waals surface area contributed by atoms with Crippen molar-refractivity contribution in [3.8, 4) is 0 Å². The first-order valence-corrected chi connectivity index (χ1v) is 10.2. The number of rotatable bonds is 5. The largest absolute Gasteiger partial charge is 0.356 e. The first-order chi connectivity index (χ1) is 11.1. The Bertz CT molecular complexity index is 573. The van der Waals surface area contributed by atoms with Gasteiger partial charge in [0.25, 0.3) is 0 Å². The van der Waals surface area contributed by atoms with Crippen LogP contribution in [0.4, 0.5) is 5.82 Å². The van der Waals surface area contributed by atoms with Crippen LogP contribution in [0.5, 0.6) is 0 Å². The zero-order valence-corrected chi connectivity index (χ0v) is 16.1. The van der Waals surface area contributed by atoms with E-state index in [0.717, 1.165) is 60.8 Å². The average molecular weight is 399 g/mol. The maximum absolute atomic E-state index is 12.1. The minimum Gasteiger partial charge on any atom is -0.356 e. The molecule has 2 fully saturated rings. The fraction of sp³-hybridized carbons (Fsp3) is 0.688. The predicted molar refractivity (Wildman–Crippen MR) is 96.8 cm³/mol. The standard InChI is InChI=1S/C16H23BrN4OS/c1-20(15(22)12-3-4-12)10-11-5-7-21(8-6-11)14-13(17)9-18-16(19-14)23-2/h9,11-12H,3-8,10H2,1-2H3. The number of hydrogen-bond donors (Lipinski definition) is 0. The van der Waals surface area contributed by atoms with Crippen molar-refractivity contribution in [3.05, 3.63) is 10.7 Å². The summed E-state index contributed by atoms with van der Waals surface area (Å²) in [5.74, 6) is 2.25. The van der Waals surface area contributed by atoms with E-state index in [-0.39, 0.29) is 0 Å². The van der Waals surface area contributed by atoms with Crippen molar-refractivity contribution in [2.75, 3.05) is 37.8 Å². The van der Waals surface area contributed by atoms with E-state index in [1.807, 2.05) is 24.4 Å². The van der Waals surface area contributed by atoms with Crippen LogP contribution in [0.3, 0.4) is 0 Å². The SMILES string of the molecule is CSc1ncc(Br)c(N2CCC(CN(C)C(=O)C3CC3)CC2)n1. The van der Waals surface area contributed by atoms with Gasteiger partial charge in [0.05, 0.1) is 4.47 Å². The van der Waals surface area contributed by atoms with Gasteiger partial charge in [0, 0.05) is 38.8 Å². The summed E-state index contributed by atoms with van der Waals surface area (Å²) in [5, 5.41) is 0.806. The zero-order valence-electron chi connectivity index (χ0n) is 13.7. The van der Waals surface area contributed by atoms with E-state index in [2.05, 4.69) is 30.8 Å². The van der Waals surface area contributed by atoms with Crippen molar-refractivity contribution in [2.45, 2.75) is 30.8 Å². The highest BCUT2D eigenvalue weighted by Gasteiger charge is 2.33. The molecule has 0 N–H and O–H groups in total. The van der Waals surface area contributed by atoms with Crippen LogP contribution in [-0.4, -0.2) is 53.7 Å². The summed E-state index contributed by atoms with van der Waals surface area (Å²) in [7, 11) is 1.96. The summed E-state index contributed by atoms with van der Waals surface area (Å²) in [6.45, 7) is 2.86. The highest BCUT2D eigenvalue weighted by Crippen LogP contribution is 2.32. The van der Waals surface area contributed by atoms with E-state index in [9.17, 15) is 4.79 Å². The van der Waals surface area contributed by atoms with Gasteiger partial charge in [0.1, 0.15) is 5.82 Å². The fourth-order valence-corrected chi connectivity index (χ4v) is 3.89. The Balaban J connectivity index is 1.54. The molecule has 5 nitrogen and oxygen atoms in total. The van der Waals surface area contributed by atoms with Crippen LogP contribution in [0.1, 0.15) is 25.7 Å². The number of aromatic nitrogens is 2. The van der Waals surface area contributed by atoms with Crippen molar-refractivity contribution in [1.29, 1.82) is 0 Å². The maximum atomic E-state index is 12.1. The molecule has 0 unspecified atom stereocenters. The lowest BCUT2D eigenvalue weighted by molar-refractivity contribution is -0.131. The van der Waals surface area contributed by atoms with Gasteiger partial charge in [-0.05, 0) is 53.8 Å². The van der Waals surface area contributed by atoms with Gasteiger partial charge >= 0.3 is 0 Å². The van der Waals surface area contributed by atoms with Gasteiger partial charge in [-0.2, -0.15) is 0 Å². The molecule has 0 bridgehead atoms. The Morgan fingerprint density at radius 2 is 2.09 bits per heavy atom. The smallest absolute Gasteiger partial charge is 0.225 e. The molecule has 0 radical (unpaired) electrons. The molecule has 126 valence electrons. The predicted octanol–water partition coefficient (Wildman–Crippen LogP) is 3.05. The summed E-state index contributed by atoms with van der Waals surface area (Å²) in [6, 6.07) is 0. The number of carbonyl (C=O) groups excluding carboxylic acids is 1. The van der Waals surface area contributed by atoms with E-state index in [0.29, 0.717) is 17.7 Å². The van der Waals surface area contributed by atoms with Gasteiger partial charge in [-0.1, -0.05) is 11.8 Å². The van der Waals surface area contributed by atoms with E-state index in [1.165, 1.54) is 0 Å². The molecule has 0 aromatic carbocycles. The number of halogens is 1. The Labute approximate surface area is 150 Å². The fourth-order valence-electron chi connectivity index (χ4n) is 3.11. The van der Waals surface area contributed by atoms with Crippen molar-refractivity contribution in [3.63, 3.8) is 0 Å². The molecule has 1 aromatic rings. The molecule has 1 saturated heterocycles. The number of nitrogens with zero attached hydrogens (tertiary/aromatic N) is 4. The zero-order chi connectivity index (χ0) is 16.4. The lowest BCUT2D eigenvalue weighted by Crippen LogP contribution is -2.40. The van der Waals surface area contributed by atoms with E-state index in [1.54, 1.807) is 11.8 Å². The highest BCUT2D eigenvalue weighted by molar-refractivity contribution is 9.10. The third kappa shape index (κ3) is 4.18. The quantitative estimate of drug-likeness (QED) is 0.563. The van der Waals surface area contributed by atoms with Crippen LogP contribution in [0.15, 0.2) is 15.8 Å². The molecule has 23 heavy (non-hydrogen) atoms. The number of anilines is 1. The summed E-state index contributed by atoms with van der Waals surface area (Å²) >= 11 is 5.13. The van der Waals surface area contributed by atoms with Crippen molar-refractivity contribution in [1.82, 2.24) is 14.9 Å². The summed E-state index contributed by atoms with van der Waals surface area (Å²) in [5.41, 5.74) is 0. The van der Waals surface area contributed by atoms with Gasteiger partial charge in [0.2, 0.25) is 5.91 Å². The average Bonchev–Trinajstić information content (AvgIpc) is 3.40. The summed E-state index contributed by atoms with van der Waals surface area (Å²) < 4.78 is 0.953. The normalized spacial score (nSPS) is 19.0. The summed E-state index contributed by atoms with van der Waals surface area (Å²) in [4.78, 5) is 25.3. The first kappa shape index (κ1) is 17.0. The second kappa shape index (κ2) is 7.38. The lowest BCUT2D eigenvalue weighted by Gasteiger charge is -2.35. The third-order valence-corrected chi connectivity index (χ3v) is 5.76. The van der Waals surface area contributed by atoms with E-state index in [4.69, 9.17) is 0 Å². The monoisotopic (exact) mass is 398 g/mol. The van der Waals surface area contributed by atoms with Crippen LogP contribution in [0.2, 0.25) is 0 Å². The van der Waals surface area contributed by atoms with E-state index < -0.39 is 0 Å². The number of carbonyl (C=O) groups is 1. The van der Waals surface area contributed by atoms with Crippen LogP contribution in [-0.2, 0) is 4.79 Å².